The van der Waals surface area contributed by atoms with Crippen LogP contribution in [0.25, 0.3) is 0 Å². The van der Waals surface area contributed by atoms with Gasteiger partial charge in [0.05, 0.1) is 7.11 Å². The number of carbonyl (C=O) groups is 2. The maximum absolute atomic E-state index is 11.2. The molecule has 0 aromatic rings. The van der Waals surface area contributed by atoms with Crippen molar-refractivity contribution in [1.82, 2.24) is 0 Å². The third kappa shape index (κ3) is 11.8. The minimum absolute atomic E-state index is 0.230. The summed E-state index contributed by atoms with van der Waals surface area (Å²) in [6.07, 6.45) is 12.5. The Bertz CT molecular complexity index is 388. The normalized spacial score (nSPS) is 13.2. The van der Waals surface area contributed by atoms with Crippen LogP contribution in [-0.2, 0) is 19.1 Å². The van der Waals surface area contributed by atoms with E-state index in [2.05, 4.69) is 34.3 Å². The van der Waals surface area contributed by atoms with Crippen molar-refractivity contribution < 1.29 is 19.1 Å². The van der Waals surface area contributed by atoms with Crippen LogP contribution in [0.5, 0.6) is 0 Å². The molecule has 0 aromatic heterocycles. The van der Waals surface area contributed by atoms with Crippen LogP contribution in [0, 0.1) is 0 Å². The first kappa shape index (κ1) is 21.1. The average molecular weight is 422 g/mol. The molecular weight excluding hydrogens is 395 g/mol. The standard InChI is InChI=1S/C17H27IO4/c1-4-5-6-7-8-9-12-16(22-14(2)19)15(18)11-10-13-17(20)21-3/h10-11,13,16H,4-9,12H2,1-3H3/b13-10+,15-11-/t16-/m1/s1. The number of hydrogen-bond donors (Lipinski definition) is 0. The van der Waals surface area contributed by atoms with Gasteiger partial charge in [-0.25, -0.2) is 4.79 Å². The van der Waals surface area contributed by atoms with Crippen LogP contribution >= 0.6 is 22.6 Å². The molecule has 22 heavy (non-hydrogen) atoms. The van der Waals surface area contributed by atoms with Gasteiger partial charge >= 0.3 is 11.9 Å². The van der Waals surface area contributed by atoms with Crippen molar-refractivity contribution in [3.8, 4) is 0 Å². The van der Waals surface area contributed by atoms with E-state index in [0.717, 1.165) is 22.8 Å². The zero-order valence-corrected chi connectivity index (χ0v) is 15.9. The number of halogens is 1. The predicted octanol–water partition coefficient (Wildman–Crippen LogP) is 4.72. The van der Waals surface area contributed by atoms with Gasteiger partial charge in [-0.1, -0.05) is 45.1 Å². The van der Waals surface area contributed by atoms with Gasteiger partial charge in [0.25, 0.3) is 0 Å². The molecule has 1 atom stereocenters. The Morgan fingerprint density at radius 3 is 2.36 bits per heavy atom. The number of unbranched alkanes of at least 4 members (excludes halogenated alkanes) is 5. The molecule has 0 fully saturated rings. The molecule has 0 bridgehead atoms. The zero-order chi connectivity index (χ0) is 16.8. The summed E-state index contributed by atoms with van der Waals surface area (Å²) in [5, 5.41) is 0. The van der Waals surface area contributed by atoms with E-state index < -0.39 is 5.97 Å². The van der Waals surface area contributed by atoms with Crippen molar-refractivity contribution >= 4 is 34.5 Å². The first-order valence-electron chi connectivity index (χ1n) is 7.80. The topological polar surface area (TPSA) is 52.6 Å². The van der Waals surface area contributed by atoms with Crippen LogP contribution in [0.3, 0.4) is 0 Å². The molecule has 0 amide bonds. The van der Waals surface area contributed by atoms with Gasteiger partial charge < -0.3 is 9.47 Å². The van der Waals surface area contributed by atoms with Gasteiger partial charge in [0.2, 0.25) is 0 Å². The first-order chi connectivity index (χ1) is 10.5. The molecule has 0 rings (SSSR count). The number of rotatable bonds is 11. The van der Waals surface area contributed by atoms with Gasteiger partial charge in [-0.15, -0.1) is 0 Å². The summed E-state index contributed by atoms with van der Waals surface area (Å²) in [6.45, 7) is 3.62. The van der Waals surface area contributed by atoms with Crippen molar-refractivity contribution in [2.75, 3.05) is 7.11 Å². The second-order valence-corrected chi connectivity index (χ2v) is 6.33. The van der Waals surface area contributed by atoms with E-state index in [0.29, 0.717) is 0 Å². The van der Waals surface area contributed by atoms with Gasteiger partial charge in [-0.3, -0.25) is 4.79 Å². The Morgan fingerprint density at radius 2 is 1.77 bits per heavy atom. The van der Waals surface area contributed by atoms with Gasteiger partial charge in [-0.05, 0) is 41.5 Å². The maximum Gasteiger partial charge on any atom is 0.330 e. The van der Waals surface area contributed by atoms with Crippen molar-refractivity contribution in [3.63, 3.8) is 0 Å². The van der Waals surface area contributed by atoms with Crippen LogP contribution in [-0.4, -0.2) is 25.2 Å². The Labute approximate surface area is 147 Å². The summed E-state index contributed by atoms with van der Waals surface area (Å²) in [5.41, 5.74) is 0. The SMILES string of the molecule is CCCCCCCC[C@@H](OC(C)=O)/C(I)=C/C=C/C(=O)OC. The fourth-order valence-corrected chi connectivity index (χ4v) is 2.60. The molecular formula is C17H27IO4. The molecule has 0 unspecified atom stereocenters. The van der Waals surface area contributed by atoms with E-state index in [1.165, 1.54) is 45.8 Å². The Kier molecular flexibility index (Phi) is 13.3. The van der Waals surface area contributed by atoms with E-state index in [9.17, 15) is 9.59 Å². The highest BCUT2D eigenvalue weighted by Crippen LogP contribution is 2.21. The molecule has 0 radical (unpaired) electrons. The summed E-state index contributed by atoms with van der Waals surface area (Å²) in [7, 11) is 1.33. The number of esters is 2. The van der Waals surface area contributed by atoms with Gasteiger partial charge in [0.15, 0.2) is 0 Å². The summed E-state index contributed by atoms with van der Waals surface area (Å²) < 4.78 is 10.8. The summed E-state index contributed by atoms with van der Waals surface area (Å²) in [6, 6.07) is 0. The van der Waals surface area contributed by atoms with Crippen molar-refractivity contribution in [1.29, 1.82) is 0 Å². The maximum atomic E-state index is 11.2. The lowest BCUT2D eigenvalue weighted by molar-refractivity contribution is -0.144. The minimum Gasteiger partial charge on any atom is -0.466 e. The lowest BCUT2D eigenvalue weighted by Crippen LogP contribution is -2.16. The molecule has 4 nitrogen and oxygen atoms in total. The molecule has 0 aromatic carbocycles. The zero-order valence-electron chi connectivity index (χ0n) is 13.8. The van der Waals surface area contributed by atoms with Crippen molar-refractivity contribution in [2.24, 2.45) is 0 Å². The fourth-order valence-electron chi connectivity index (χ4n) is 1.96. The van der Waals surface area contributed by atoms with E-state index in [4.69, 9.17) is 4.74 Å². The van der Waals surface area contributed by atoms with Crippen LogP contribution < -0.4 is 0 Å². The molecule has 0 spiro atoms. The number of allylic oxidation sites excluding steroid dienone is 2. The average Bonchev–Trinajstić information content (AvgIpc) is 2.48. The van der Waals surface area contributed by atoms with Gasteiger partial charge in [0, 0.05) is 16.6 Å². The van der Waals surface area contributed by atoms with Crippen LogP contribution in [0.15, 0.2) is 21.8 Å². The Balaban J connectivity index is 4.36. The smallest absolute Gasteiger partial charge is 0.330 e. The molecule has 0 aliphatic heterocycles. The van der Waals surface area contributed by atoms with E-state index in [-0.39, 0.29) is 12.1 Å². The lowest BCUT2D eigenvalue weighted by Gasteiger charge is -2.16. The molecule has 0 aliphatic carbocycles. The Hall–Kier alpha value is -0.850. The third-order valence-corrected chi connectivity index (χ3v) is 4.18. The van der Waals surface area contributed by atoms with E-state index in [1.807, 2.05) is 0 Å². The predicted molar refractivity (Wildman–Crippen MR) is 96.8 cm³/mol. The highest BCUT2D eigenvalue weighted by Gasteiger charge is 2.14. The molecule has 0 saturated heterocycles. The van der Waals surface area contributed by atoms with E-state index >= 15 is 0 Å². The monoisotopic (exact) mass is 422 g/mol. The fraction of sp³-hybridized carbons (Fsp3) is 0.647. The second-order valence-electron chi connectivity index (χ2n) is 5.09. The number of methoxy groups -OCH3 is 1. The van der Waals surface area contributed by atoms with Crippen LogP contribution in [0.1, 0.15) is 58.8 Å². The first-order valence-corrected chi connectivity index (χ1v) is 8.88. The highest BCUT2D eigenvalue weighted by molar-refractivity contribution is 14.1. The number of ether oxygens (including phenoxy) is 2. The minimum atomic E-state index is -0.402. The van der Waals surface area contributed by atoms with E-state index in [1.54, 1.807) is 12.2 Å². The summed E-state index contributed by atoms with van der Waals surface area (Å²) >= 11 is 2.15. The van der Waals surface area contributed by atoms with Crippen molar-refractivity contribution in [2.45, 2.75) is 64.9 Å². The molecule has 5 heteroatoms. The summed E-state index contributed by atoms with van der Waals surface area (Å²) in [4.78, 5) is 22.2. The molecule has 0 heterocycles. The van der Waals surface area contributed by atoms with Crippen LogP contribution in [0.4, 0.5) is 0 Å². The largest absolute Gasteiger partial charge is 0.466 e. The molecule has 0 N–H and O–H groups in total. The highest BCUT2D eigenvalue weighted by atomic mass is 127. The molecule has 0 saturated carbocycles. The van der Waals surface area contributed by atoms with Gasteiger partial charge in [-0.2, -0.15) is 0 Å². The number of carbonyl (C=O) groups excluding carboxylic acids is 2. The quantitative estimate of drug-likeness (QED) is 0.159. The van der Waals surface area contributed by atoms with Crippen LogP contribution in [0.2, 0.25) is 0 Å². The molecule has 126 valence electrons. The third-order valence-electron chi connectivity index (χ3n) is 3.12. The van der Waals surface area contributed by atoms with Crippen molar-refractivity contribution in [3.05, 3.63) is 21.8 Å². The summed E-state index contributed by atoms with van der Waals surface area (Å²) in [5.74, 6) is -0.684. The van der Waals surface area contributed by atoms with Gasteiger partial charge in [0.1, 0.15) is 6.10 Å². The lowest BCUT2D eigenvalue weighted by atomic mass is 10.1. The Morgan fingerprint density at radius 1 is 1.14 bits per heavy atom. The number of hydrogen-bond acceptors (Lipinski definition) is 4. The molecule has 0 aliphatic rings. The second kappa shape index (κ2) is 13.8.